The van der Waals surface area contributed by atoms with Crippen LogP contribution in [0.3, 0.4) is 0 Å². The molecule has 0 bridgehead atoms. The lowest BCUT2D eigenvalue weighted by atomic mass is 9.74. The molecule has 0 radical (unpaired) electrons. The lowest BCUT2D eigenvalue weighted by molar-refractivity contribution is -0.171. The van der Waals surface area contributed by atoms with Gasteiger partial charge in [-0.3, -0.25) is 14.8 Å². The summed E-state index contributed by atoms with van der Waals surface area (Å²) in [5, 5.41) is 0.671. The number of rotatable bonds is 4. The van der Waals surface area contributed by atoms with Gasteiger partial charge in [0.25, 0.3) is 0 Å². The number of thiophene rings is 1. The maximum Gasteiger partial charge on any atom is 0.412 e. The molecule has 7 rings (SSSR count). The molecule has 1 aliphatic carbocycles. The number of nitrogens with zero attached hydrogens (tertiary/aromatic N) is 4. The molecular formula is C29H30ClF3N4O2S. The van der Waals surface area contributed by atoms with Gasteiger partial charge in [0.1, 0.15) is 6.61 Å². The first-order chi connectivity index (χ1) is 19.1. The first-order valence-electron chi connectivity index (χ1n) is 13.8. The van der Waals surface area contributed by atoms with Crippen LogP contribution in [0.5, 0.6) is 0 Å². The van der Waals surface area contributed by atoms with E-state index >= 15 is 0 Å². The summed E-state index contributed by atoms with van der Waals surface area (Å²) in [5.41, 5.74) is 5.47. The monoisotopic (exact) mass is 590 g/mol. The van der Waals surface area contributed by atoms with E-state index in [0.29, 0.717) is 27.0 Å². The van der Waals surface area contributed by atoms with Crippen LogP contribution in [0, 0.1) is 0 Å². The molecule has 2 atom stereocenters. The van der Waals surface area contributed by atoms with Gasteiger partial charge in [-0.25, -0.2) is 4.79 Å². The average molecular weight is 591 g/mol. The number of aromatic nitrogens is 1. The maximum atomic E-state index is 13.5. The number of amides is 1. The first-order valence-corrected chi connectivity index (χ1v) is 15.0. The van der Waals surface area contributed by atoms with Gasteiger partial charge < -0.3 is 9.64 Å². The number of anilines is 1. The quantitative estimate of drug-likeness (QED) is 0.332. The summed E-state index contributed by atoms with van der Waals surface area (Å²) in [7, 11) is 2.26. The number of alkyl halides is 3. The number of carbonyl (C=O) groups excluding carboxylic acids is 1. The molecule has 2 saturated heterocycles. The molecule has 40 heavy (non-hydrogen) atoms. The Bertz CT molecular complexity index is 1490. The van der Waals surface area contributed by atoms with E-state index < -0.39 is 24.9 Å². The molecule has 1 spiro atoms. The normalized spacial score (nSPS) is 24.6. The molecule has 0 N–H and O–H groups in total. The molecule has 0 unspecified atom stereocenters. The van der Waals surface area contributed by atoms with Crippen molar-refractivity contribution in [1.82, 2.24) is 14.8 Å². The van der Waals surface area contributed by atoms with Crippen molar-refractivity contribution in [1.29, 1.82) is 0 Å². The van der Waals surface area contributed by atoms with Crippen molar-refractivity contribution in [3.05, 3.63) is 45.9 Å². The van der Waals surface area contributed by atoms with Crippen molar-refractivity contribution in [3.8, 4) is 11.1 Å². The highest BCUT2D eigenvalue weighted by Crippen LogP contribution is 2.50. The molecule has 1 amide bonds. The summed E-state index contributed by atoms with van der Waals surface area (Å²) in [4.78, 5) is 23.2. The third-order valence-electron chi connectivity index (χ3n) is 9.35. The van der Waals surface area contributed by atoms with Crippen LogP contribution in [-0.4, -0.2) is 71.4 Å². The molecule has 6 nitrogen and oxygen atoms in total. The zero-order chi connectivity index (χ0) is 27.8. The van der Waals surface area contributed by atoms with Gasteiger partial charge in [-0.05, 0) is 75.4 Å². The third-order valence-corrected chi connectivity index (χ3v) is 10.7. The summed E-state index contributed by atoms with van der Waals surface area (Å²) in [6.07, 6.45) is 3.24. The number of hydrogen-bond acceptors (Lipinski definition) is 6. The smallest absolute Gasteiger partial charge is 0.412 e. The van der Waals surface area contributed by atoms with Crippen LogP contribution >= 0.6 is 22.9 Å². The largest absolute Gasteiger partial charge is 0.447 e. The Hall–Kier alpha value is -2.56. The topological polar surface area (TPSA) is 48.9 Å². The minimum absolute atomic E-state index is 0.181. The van der Waals surface area contributed by atoms with E-state index in [2.05, 4.69) is 27.9 Å². The van der Waals surface area contributed by atoms with Gasteiger partial charge in [0.15, 0.2) is 6.04 Å². The van der Waals surface area contributed by atoms with Crippen molar-refractivity contribution in [3.63, 3.8) is 0 Å². The second-order valence-corrected chi connectivity index (χ2v) is 13.2. The third kappa shape index (κ3) is 4.25. The summed E-state index contributed by atoms with van der Waals surface area (Å²) in [6, 6.07) is 6.32. The number of likely N-dealkylation sites (N-methyl/N-ethyl adjacent to an activating group) is 1. The van der Waals surface area contributed by atoms with Crippen LogP contribution < -0.4 is 4.90 Å². The van der Waals surface area contributed by atoms with Gasteiger partial charge in [0.05, 0.1) is 16.8 Å². The van der Waals surface area contributed by atoms with E-state index in [1.807, 2.05) is 12.1 Å². The van der Waals surface area contributed by atoms with Crippen LogP contribution in [-0.2, 0) is 17.7 Å². The molecule has 3 aliphatic heterocycles. The number of benzene rings is 1. The predicted octanol–water partition coefficient (Wildman–Crippen LogP) is 6.88. The van der Waals surface area contributed by atoms with Crippen molar-refractivity contribution in [2.45, 2.75) is 68.9 Å². The molecule has 1 aromatic carbocycles. The van der Waals surface area contributed by atoms with Gasteiger partial charge in [-0.2, -0.15) is 13.2 Å². The number of cyclic esters (lactones) is 1. The van der Waals surface area contributed by atoms with Crippen LogP contribution in [0.4, 0.5) is 23.7 Å². The Labute approximate surface area is 239 Å². The summed E-state index contributed by atoms with van der Waals surface area (Å²) in [6.45, 7) is 1.15. The number of ether oxygens (including phenoxy) is 1. The van der Waals surface area contributed by atoms with Crippen LogP contribution in [0.25, 0.3) is 21.3 Å². The first kappa shape index (κ1) is 26.3. The lowest BCUT2D eigenvalue weighted by Crippen LogP contribution is -2.47. The zero-order valence-corrected chi connectivity index (χ0v) is 23.7. The van der Waals surface area contributed by atoms with Gasteiger partial charge >= 0.3 is 12.3 Å². The van der Waals surface area contributed by atoms with E-state index in [-0.39, 0.29) is 6.54 Å². The molecule has 212 valence electrons. The molecule has 4 aliphatic rings. The lowest BCUT2D eigenvalue weighted by Gasteiger charge is -2.44. The van der Waals surface area contributed by atoms with Crippen molar-refractivity contribution in [2.75, 3.05) is 31.6 Å². The molecule has 2 aromatic heterocycles. The van der Waals surface area contributed by atoms with Gasteiger partial charge in [-0.1, -0.05) is 11.6 Å². The van der Waals surface area contributed by atoms with E-state index in [1.165, 1.54) is 41.9 Å². The van der Waals surface area contributed by atoms with E-state index in [0.717, 1.165) is 53.1 Å². The van der Waals surface area contributed by atoms with Crippen molar-refractivity contribution < 1.29 is 22.7 Å². The van der Waals surface area contributed by atoms with Gasteiger partial charge in [0, 0.05) is 57.6 Å². The standard InChI is InChI=1S/C29H30ClF3N4O2S/c1-35-14-19(13-28(35)6-3-7-28)36-9-2-4-17-10-18(30)11-22(25(17)36)21-5-8-34-23-12-20(40-26(21)23)15-37-24(29(31,32)33)16-39-27(37)38/h5,8,10-12,19,24H,2-4,6-7,9,13-16H2,1H3/t19-,24-/m0/s1. The Kier molecular flexibility index (Phi) is 6.25. The van der Waals surface area contributed by atoms with Crippen LogP contribution in [0.1, 0.15) is 42.5 Å². The van der Waals surface area contributed by atoms with E-state index in [1.54, 1.807) is 12.3 Å². The number of carbonyl (C=O) groups is 1. The summed E-state index contributed by atoms with van der Waals surface area (Å²) in [5.74, 6) is 0. The van der Waals surface area contributed by atoms with Crippen LogP contribution in [0.15, 0.2) is 30.5 Å². The number of aryl methyl sites for hydroxylation is 1. The van der Waals surface area contributed by atoms with Gasteiger partial charge in [-0.15, -0.1) is 11.3 Å². The van der Waals surface area contributed by atoms with Crippen molar-refractivity contribution in [2.24, 2.45) is 0 Å². The number of hydrogen-bond donors (Lipinski definition) is 0. The minimum atomic E-state index is -4.55. The number of likely N-dealkylation sites (tertiary alicyclic amines) is 1. The molecule has 3 fully saturated rings. The molecular weight excluding hydrogens is 561 g/mol. The zero-order valence-electron chi connectivity index (χ0n) is 22.1. The Morgan fingerprint density at radius 2 is 2.02 bits per heavy atom. The predicted molar refractivity (Wildman–Crippen MR) is 150 cm³/mol. The van der Waals surface area contributed by atoms with Gasteiger partial charge in [0.2, 0.25) is 0 Å². The number of fused-ring (bicyclic) bond motifs is 2. The average Bonchev–Trinajstić information content (AvgIpc) is 3.57. The SMILES string of the molecule is CN1C[C@@H](N2CCCc3cc(Cl)cc(-c4ccnc5cc(CN6C(=O)OC[C@H]6C(F)(F)F)sc45)c32)CC12CCC2. The Morgan fingerprint density at radius 3 is 2.75 bits per heavy atom. The number of halogens is 4. The second kappa shape index (κ2) is 9.49. The fourth-order valence-electron chi connectivity index (χ4n) is 7.20. The Balaban J connectivity index is 1.28. The molecule has 3 aromatic rings. The van der Waals surface area contributed by atoms with Crippen LogP contribution in [0.2, 0.25) is 5.02 Å². The van der Waals surface area contributed by atoms with Crippen molar-refractivity contribution >= 4 is 44.9 Å². The highest BCUT2D eigenvalue weighted by atomic mass is 35.5. The summed E-state index contributed by atoms with van der Waals surface area (Å²) >= 11 is 8.05. The second-order valence-electron chi connectivity index (χ2n) is 11.6. The molecule has 11 heteroatoms. The number of pyridine rings is 1. The molecule has 1 saturated carbocycles. The minimum Gasteiger partial charge on any atom is -0.447 e. The fraction of sp³-hybridized carbons (Fsp3) is 0.517. The molecule has 5 heterocycles. The highest BCUT2D eigenvalue weighted by Gasteiger charge is 2.51. The van der Waals surface area contributed by atoms with E-state index in [9.17, 15) is 18.0 Å². The maximum absolute atomic E-state index is 13.5. The Morgan fingerprint density at radius 1 is 1.20 bits per heavy atom. The fourth-order valence-corrected chi connectivity index (χ4v) is 8.58. The highest BCUT2D eigenvalue weighted by molar-refractivity contribution is 7.19. The van der Waals surface area contributed by atoms with E-state index in [4.69, 9.17) is 16.3 Å². The summed E-state index contributed by atoms with van der Waals surface area (Å²) < 4.78 is 46.2.